The fourth-order valence-corrected chi connectivity index (χ4v) is 4.22. The van der Waals surface area contributed by atoms with Crippen molar-refractivity contribution in [3.8, 4) is 0 Å². The molecule has 1 saturated heterocycles. The van der Waals surface area contributed by atoms with Crippen molar-refractivity contribution in [2.24, 2.45) is 7.05 Å². The first-order chi connectivity index (χ1) is 10.6. The Morgan fingerprint density at radius 1 is 1.50 bits per heavy atom. The lowest BCUT2D eigenvalue weighted by molar-refractivity contribution is -0.131. The second kappa shape index (κ2) is 4.99. The van der Waals surface area contributed by atoms with Gasteiger partial charge in [0.05, 0.1) is 11.0 Å². The zero-order valence-electron chi connectivity index (χ0n) is 12.5. The molecule has 1 amide bonds. The van der Waals surface area contributed by atoms with Crippen LogP contribution >= 0.6 is 11.8 Å². The van der Waals surface area contributed by atoms with Crippen LogP contribution in [0, 0.1) is 0 Å². The van der Waals surface area contributed by atoms with E-state index in [1.165, 1.54) is 12.8 Å². The summed E-state index contributed by atoms with van der Waals surface area (Å²) < 4.78 is 2.14. The van der Waals surface area contributed by atoms with E-state index in [1.807, 2.05) is 25.2 Å². The molecule has 2 heterocycles. The summed E-state index contributed by atoms with van der Waals surface area (Å²) in [5, 5.41) is 13.1. The number of aliphatic hydroxyl groups is 1. The highest BCUT2D eigenvalue weighted by molar-refractivity contribution is 7.99. The molecule has 2 aromatic rings. The molecular formula is C16H19N3O2S. The normalized spacial score (nSPS) is 24.8. The lowest BCUT2D eigenvalue weighted by atomic mass is 10.0. The van der Waals surface area contributed by atoms with Crippen molar-refractivity contribution in [2.75, 3.05) is 16.8 Å². The first kappa shape index (κ1) is 14.1. The Kier molecular flexibility index (Phi) is 3.20. The number of carbonyl (C=O) groups excluding carboxylic acids is 1. The van der Waals surface area contributed by atoms with Gasteiger partial charge >= 0.3 is 0 Å². The number of aromatic nitrogens is 2. The second-order valence-electron chi connectivity index (χ2n) is 6.30. The maximum Gasteiger partial charge on any atom is 0.257 e. The fourth-order valence-electron chi connectivity index (χ4n) is 2.98. The Balaban J connectivity index is 1.61. The van der Waals surface area contributed by atoms with Crippen molar-refractivity contribution in [1.82, 2.24) is 9.55 Å². The zero-order valence-corrected chi connectivity index (χ0v) is 13.3. The number of nitrogens with one attached hydrogen (secondary N) is 1. The van der Waals surface area contributed by atoms with Crippen molar-refractivity contribution >= 4 is 34.4 Å². The van der Waals surface area contributed by atoms with Crippen LogP contribution in [0.2, 0.25) is 0 Å². The summed E-state index contributed by atoms with van der Waals surface area (Å²) in [6, 6.07) is 5.76. The van der Waals surface area contributed by atoms with Crippen LogP contribution in [0.4, 0.5) is 5.69 Å². The average molecular weight is 317 g/mol. The number of carbonyl (C=O) groups is 1. The van der Waals surface area contributed by atoms with Gasteiger partial charge in [-0.05, 0) is 43.2 Å². The maximum absolute atomic E-state index is 12.3. The number of hydrogen-bond donors (Lipinski definition) is 2. The minimum absolute atomic E-state index is 0.310. The number of thioether (sulfide) groups is 1. The van der Waals surface area contributed by atoms with Gasteiger partial charge < -0.3 is 15.0 Å². The lowest BCUT2D eigenvalue weighted by Gasteiger charge is -2.20. The molecular weight excluding hydrogens is 298 g/mol. The van der Waals surface area contributed by atoms with Gasteiger partial charge in [0.25, 0.3) is 5.91 Å². The van der Waals surface area contributed by atoms with Crippen molar-refractivity contribution in [3.05, 3.63) is 24.0 Å². The summed E-state index contributed by atoms with van der Waals surface area (Å²) in [6.45, 7) is 0. The van der Waals surface area contributed by atoms with Crippen molar-refractivity contribution in [3.63, 3.8) is 0 Å². The van der Waals surface area contributed by atoms with E-state index in [2.05, 4.69) is 9.88 Å². The number of hydrogen-bond acceptors (Lipinski definition) is 4. The van der Waals surface area contributed by atoms with Crippen LogP contribution in [-0.4, -0.2) is 37.7 Å². The summed E-state index contributed by atoms with van der Waals surface area (Å²) >= 11 is 1.61. The number of anilines is 1. The molecule has 1 unspecified atom stereocenters. The van der Waals surface area contributed by atoms with Gasteiger partial charge in [-0.3, -0.25) is 4.79 Å². The van der Waals surface area contributed by atoms with Gasteiger partial charge in [0.1, 0.15) is 5.82 Å². The highest BCUT2D eigenvalue weighted by atomic mass is 32.2. The quantitative estimate of drug-likeness (QED) is 0.911. The highest BCUT2D eigenvalue weighted by Crippen LogP contribution is 2.40. The molecule has 2 aliphatic rings. The van der Waals surface area contributed by atoms with E-state index in [4.69, 9.17) is 4.98 Å². The van der Waals surface area contributed by atoms with Gasteiger partial charge in [0.2, 0.25) is 0 Å². The monoisotopic (exact) mass is 317 g/mol. The number of rotatable bonds is 3. The van der Waals surface area contributed by atoms with E-state index >= 15 is 0 Å². The maximum atomic E-state index is 12.3. The molecule has 1 aliphatic heterocycles. The summed E-state index contributed by atoms with van der Waals surface area (Å²) in [5.74, 6) is 2.70. The minimum atomic E-state index is -1.23. The number of fused-ring (bicyclic) bond motifs is 1. The molecule has 6 heteroatoms. The highest BCUT2D eigenvalue weighted by Gasteiger charge is 2.39. The first-order valence-corrected chi connectivity index (χ1v) is 8.80. The topological polar surface area (TPSA) is 67.2 Å². The van der Waals surface area contributed by atoms with E-state index in [-0.39, 0.29) is 5.91 Å². The Morgan fingerprint density at radius 3 is 3.00 bits per heavy atom. The van der Waals surface area contributed by atoms with Crippen LogP contribution < -0.4 is 5.32 Å². The Morgan fingerprint density at radius 2 is 2.32 bits per heavy atom. The lowest BCUT2D eigenvalue weighted by Crippen LogP contribution is -2.42. The molecule has 2 fully saturated rings. The van der Waals surface area contributed by atoms with Gasteiger partial charge in [-0.2, -0.15) is 11.8 Å². The average Bonchev–Trinajstić information content (AvgIpc) is 3.16. The third-order valence-corrected chi connectivity index (χ3v) is 5.71. The van der Waals surface area contributed by atoms with Gasteiger partial charge in [-0.15, -0.1) is 0 Å². The molecule has 22 heavy (non-hydrogen) atoms. The third-order valence-electron chi connectivity index (χ3n) is 4.54. The van der Waals surface area contributed by atoms with E-state index in [1.54, 1.807) is 11.8 Å². The second-order valence-corrected chi connectivity index (χ2v) is 7.40. The van der Waals surface area contributed by atoms with Gasteiger partial charge in [0.15, 0.2) is 5.60 Å². The zero-order chi connectivity index (χ0) is 15.3. The van der Waals surface area contributed by atoms with Crippen LogP contribution in [0.15, 0.2) is 18.2 Å². The van der Waals surface area contributed by atoms with Gasteiger partial charge in [-0.1, -0.05) is 0 Å². The van der Waals surface area contributed by atoms with Crippen molar-refractivity contribution < 1.29 is 9.90 Å². The standard InChI is InChI=1S/C16H19N3O2S/c1-19-13-5-4-11(8-12(13)18-14(19)10-2-3-10)17-15(20)16(21)6-7-22-9-16/h4-5,8,10,21H,2-3,6-7,9H2,1H3,(H,17,20). The molecule has 0 radical (unpaired) electrons. The predicted molar refractivity (Wildman–Crippen MR) is 88.2 cm³/mol. The molecule has 5 nitrogen and oxygen atoms in total. The fraction of sp³-hybridized carbons (Fsp3) is 0.500. The molecule has 2 N–H and O–H groups in total. The summed E-state index contributed by atoms with van der Waals surface area (Å²) in [5.41, 5.74) is 1.44. The molecule has 1 aromatic heterocycles. The molecule has 1 saturated carbocycles. The SMILES string of the molecule is Cn1c(C2CC2)nc2cc(NC(=O)C3(O)CCSC3)ccc21. The first-order valence-electron chi connectivity index (χ1n) is 7.65. The van der Waals surface area contributed by atoms with Crippen molar-refractivity contribution in [1.29, 1.82) is 0 Å². The Bertz CT molecular complexity index is 745. The minimum Gasteiger partial charge on any atom is -0.379 e. The van der Waals surface area contributed by atoms with Crippen LogP contribution in [0.25, 0.3) is 11.0 Å². The Hall–Kier alpha value is -1.53. The number of benzene rings is 1. The molecule has 1 aromatic carbocycles. The van der Waals surface area contributed by atoms with Gasteiger partial charge in [0, 0.05) is 24.4 Å². The Labute approximate surface area is 133 Å². The van der Waals surface area contributed by atoms with E-state index in [0.717, 1.165) is 22.6 Å². The molecule has 116 valence electrons. The number of amides is 1. The third kappa shape index (κ3) is 2.30. The van der Waals surface area contributed by atoms with Crippen LogP contribution in [0.3, 0.4) is 0 Å². The summed E-state index contributed by atoms with van der Waals surface area (Å²) in [6.07, 6.45) is 2.94. The number of aryl methyl sites for hydroxylation is 1. The smallest absolute Gasteiger partial charge is 0.257 e. The summed E-state index contributed by atoms with van der Waals surface area (Å²) in [4.78, 5) is 17.0. The summed E-state index contributed by atoms with van der Waals surface area (Å²) in [7, 11) is 2.04. The van der Waals surface area contributed by atoms with Crippen LogP contribution in [-0.2, 0) is 11.8 Å². The number of imidazole rings is 1. The number of nitrogens with zero attached hydrogens (tertiary/aromatic N) is 2. The largest absolute Gasteiger partial charge is 0.379 e. The van der Waals surface area contributed by atoms with Crippen LogP contribution in [0.1, 0.15) is 31.0 Å². The van der Waals surface area contributed by atoms with E-state index in [9.17, 15) is 9.90 Å². The molecule has 4 rings (SSSR count). The molecule has 1 aliphatic carbocycles. The predicted octanol–water partition coefficient (Wildman–Crippen LogP) is 2.26. The molecule has 0 bridgehead atoms. The van der Waals surface area contributed by atoms with Crippen molar-refractivity contribution in [2.45, 2.75) is 30.8 Å². The molecule has 0 spiro atoms. The van der Waals surface area contributed by atoms with E-state index in [0.29, 0.717) is 23.8 Å². The van der Waals surface area contributed by atoms with E-state index < -0.39 is 5.60 Å². The van der Waals surface area contributed by atoms with Gasteiger partial charge in [-0.25, -0.2) is 4.98 Å². The molecule has 1 atom stereocenters. The van der Waals surface area contributed by atoms with Crippen LogP contribution in [0.5, 0.6) is 0 Å².